The number of fused-ring (bicyclic) bond motifs is 1. The third-order valence-corrected chi connectivity index (χ3v) is 5.75. The summed E-state index contributed by atoms with van der Waals surface area (Å²) in [5.74, 6) is 0.133. The third-order valence-electron chi connectivity index (χ3n) is 4.86. The summed E-state index contributed by atoms with van der Waals surface area (Å²) >= 11 is 2.16. The van der Waals surface area contributed by atoms with E-state index >= 15 is 0 Å². The molecular weight excluding hydrogens is 590 g/mol. The molecule has 3 aromatic rings. The van der Waals surface area contributed by atoms with Gasteiger partial charge in [-0.15, -0.1) is 24.8 Å². The van der Waals surface area contributed by atoms with Crippen LogP contribution in [0.2, 0.25) is 0 Å². The van der Waals surface area contributed by atoms with Gasteiger partial charge in [0.1, 0.15) is 11.4 Å². The van der Waals surface area contributed by atoms with E-state index in [1.807, 2.05) is 24.3 Å². The van der Waals surface area contributed by atoms with E-state index in [0.29, 0.717) is 29.0 Å². The minimum atomic E-state index is -0.277. The van der Waals surface area contributed by atoms with Crippen LogP contribution >= 0.6 is 47.4 Å². The molecule has 2 aromatic carbocycles. The molecule has 0 atom stereocenters. The Labute approximate surface area is 225 Å². The number of carbonyl (C=O) groups is 2. The van der Waals surface area contributed by atoms with E-state index in [-0.39, 0.29) is 48.9 Å². The van der Waals surface area contributed by atoms with Crippen LogP contribution in [0.5, 0.6) is 5.75 Å². The molecule has 0 fully saturated rings. The Bertz CT molecular complexity index is 1100. The average molecular weight is 618 g/mol. The molecule has 2 amide bonds. The van der Waals surface area contributed by atoms with Crippen molar-refractivity contribution in [3.8, 4) is 5.75 Å². The first-order chi connectivity index (χ1) is 15.5. The van der Waals surface area contributed by atoms with Crippen molar-refractivity contribution in [2.24, 2.45) is 0 Å². The molecule has 1 aromatic heterocycles. The smallest absolute Gasteiger partial charge is 0.271 e. The van der Waals surface area contributed by atoms with Gasteiger partial charge >= 0.3 is 0 Å². The number of nitrogens with one attached hydrogen (secondary N) is 2. The van der Waals surface area contributed by atoms with Crippen LogP contribution in [0.25, 0.3) is 11.0 Å². The van der Waals surface area contributed by atoms with E-state index < -0.39 is 0 Å². The Morgan fingerprint density at radius 2 is 1.79 bits per heavy atom. The maximum Gasteiger partial charge on any atom is 0.271 e. The second kappa shape index (κ2) is 14.9. The Balaban J connectivity index is 0.00000289. The highest BCUT2D eigenvalue weighted by molar-refractivity contribution is 14.1. The van der Waals surface area contributed by atoms with E-state index in [1.54, 1.807) is 18.2 Å². The van der Waals surface area contributed by atoms with Crippen LogP contribution in [0.4, 0.5) is 5.69 Å². The summed E-state index contributed by atoms with van der Waals surface area (Å²) < 4.78 is 6.50. The maximum absolute atomic E-state index is 12.4. The number of aromatic nitrogens is 2. The first-order valence-corrected chi connectivity index (χ1v) is 11.5. The molecule has 2 N–H and O–H groups in total. The second-order valence-electron chi connectivity index (χ2n) is 7.01. The topological polar surface area (TPSA) is 96.5 Å². The third kappa shape index (κ3) is 8.53. The highest BCUT2D eigenvalue weighted by Crippen LogP contribution is 2.20. The molecule has 1 heterocycles. The molecular formula is C23H28Cl2IN5O3. The number of hydrogen-bond acceptors (Lipinski definition) is 6. The van der Waals surface area contributed by atoms with Gasteiger partial charge in [-0.05, 0) is 66.0 Å². The standard InChI is InChI=1S/C23H26IN5O3.2ClH/c1-3-29(4-2)12-11-25-23(31)20-14-26-19-13-16(9-10-18(19)28-20)27-22(30)15-32-21-8-6-5-7-17(21)24;;/h5-10,13-14H,3-4,11-12,15H2,1-2H3,(H,25,31)(H,27,30);2*1H/i24-2;;. The first-order valence-electron chi connectivity index (χ1n) is 10.4. The van der Waals surface area contributed by atoms with E-state index in [4.69, 9.17) is 4.74 Å². The molecule has 0 saturated carbocycles. The van der Waals surface area contributed by atoms with Gasteiger partial charge in [-0.1, -0.05) is 26.0 Å². The predicted octanol–water partition coefficient (Wildman–Crippen LogP) is 4.17. The molecule has 0 spiro atoms. The van der Waals surface area contributed by atoms with Crippen LogP contribution in [-0.2, 0) is 4.79 Å². The van der Waals surface area contributed by atoms with Gasteiger partial charge in [-0.3, -0.25) is 14.6 Å². The predicted molar refractivity (Wildman–Crippen MR) is 147 cm³/mol. The molecule has 0 unspecified atom stereocenters. The van der Waals surface area contributed by atoms with Gasteiger partial charge in [-0.2, -0.15) is 0 Å². The van der Waals surface area contributed by atoms with Crippen LogP contribution in [0.1, 0.15) is 24.3 Å². The van der Waals surface area contributed by atoms with E-state index in [9.17, 15) is 9.59 Å². The molecule has 3 rings (SSSR count). The number of anilines is 1. The fourth-order valence-electron chi connectivity index (χ4n) is 3.06. The van der Waals surface area contributed by atoms with Crippen LogP contribution in [0, 0.1) is 3.57 Å². The minimum Gasteiger partial charge on any atom is -0.483 e. The number of likely N-dealkylation sites (N-methyl/N-ethyl adjacent to an activating group) is 1. The van der Waals surface area contributed by atoms with E-state index in [1.165, 1.54) is 6.20 Å². The highest BCUT2D eigenvalue weighted by atomic mass is 125. The largest absolute Gasteiger partial charge is 0.483 e. The number of amides is 2. The Morgan fingerprint density at radius 3 is 2.50 bits per heavy atom. The van der Waals surface area contributed by atoms with Gasteiger partial charge in [0.15, 0.2) is 6.61 Å². The summed E-state index contributed by atoms with van der Waals surface area (Å²) in [6.07, 6.45) is 1.45. The molecule has 0 bridgehead atoms. The fourth-order valence-corrected chi connectivity index (χ4v) is 3.60. The summed E-state index contributed by atoms with van der Waals surface area (Å²) in [6.45, 7) is 7.31. The van der Waals surface area contributed by atoms with Crippen molar-refractivity contribution in [1.82, 2.24) is 20.2 Å². The lowest BCUT2D eigenvalue weighted by molar-refractivity contribution is -0.118. The number of para-hydroxylation sites is 1. The zero-order valence-corrected chi connectivity index (χ0v) is 22.7. The Kier molecular flexibility index (Phi) is 13.1. The molecule has 11 heteroatoms. The SMILES string of the molecule is CCN(CC)CCNC(=O)c1cnc2cc(NC(=O)COc3ccccc3[125I])ccc2n1.Cl.Cl. The summed E-state index contributed by atoms with van der Waals surface area (Å²) in [5, 5.41) is 5.67. The molecule has 0 radical (unpaired) electrons. The normalized spacial score (nSPS) is 10.2. The monoisotopic (exact) mass is 617 g/mol. The molecule has 0 aliphatic rings. The van der Waals surface area contributed by atoms with Crippen molar-refractivity contribution in [3.63, 3.8) is 0 Å². The van der Waals surface area contributed by atoms with Gasteiger partial charge < -0.3 is 20.3 Å². The fraction of sp³-hybridized carbons (Fsp3) is 0.304. The van der Waals surface area contributed by atoms with Crippen molar-refractivity contribution in [2.75, 3.05) is 38.1 Å². The number of nitrogens with zero attached hydrogens (tertiary/aromatic N) is 3. The lowest BCUT2D eigenvalue weighted by Crippen LogP contribution is -2.35. The van der Waals surface area contributed by atoms with Gasteiger partial charge in [0.25, 0.3) is 11.8 Å². The van der Waals surface area contributed by atoms with Crippen LogP contribution in [0.3, 0.4) is 0 Å². The Morgan fingerprint density at radius 1 is 1.06 bits per heavy atom. The van der Waals surface area contributed by atoms with Gasteiger partial charge in [0, 0.05) is 18.8 Å². The quantitative estimate of drug-likeness (QED) is 0.332. The van der Waals surface area contributed by atoms with Crippen molar-refractivity contribution in [1.29, 1.82) is 0 Å². The molecule has 184 valence electrons. The van der Waals surface area contributed by atoms with Crippen LogP contribution in [0.15, 0.2) is 48.7 Å². The summed E-state index contributed by atoms with van der Waals surface area (Å²) in [6, 6.07) is 12.7. The molecule has 34 heavy (non-hydrogen) atoms. The maximum atomic E-state index is 12.4. The lowest BCUT2D eigenvalue weighted by Gasteiger charge is -2.17. The number of carbonyl (C=O) groups excluding carboxylic acids is 2. The number of ether oxygens (including phenoxy) is 1. The molecule has 8 nitrogen and oxygen atoms in total. The van der Waals surface area contributed by atoms with Crippen molar-refractivity contribution >= 4 is 75.9 Å². The van der Waals surface area contributed by atoms with Crippen molar-refractivity contribution < 1.29 is 14.3 Å². The van der Waals surface area contributed by atoms with Gasteiger partial charge in [0.05, 0.1) is 20.8 Å². The summed E-state index contributed by atoms with van der Waals surface area (Å²) in [4.78, 5) is 35.6. The molecule has 0 aliphatic carbocycles. The zero-order valence-electron chi connectivity index (χ0n) is 18.9. The lowest BCUT2D eigenvalue weighted by atomic mass is 10.2. The minimum absolute atomic E-state index is 0. The summed E-state index contributed by atoms with van der Waals surface area (Å²) in [5.41, 5.74) is 2.01. The number of halogens is 3. The van der Waals surface area contributed by atoms with Crippen LogP contribution < -0.4 is 15.4 Å². The Hall–Kier alpha value is -2.21. The van der Waals surface area contributed by atoms with Crippen molar-refractivity contribution in [3.05, 3.63) is 57.9 Å². The highest BCUT2D eigenvalue weighted by Gasteiger charge is 2.11. The van der Waals surface area contributed by atoms with E-state index in [0.717, 1.165) is 23.2 Å². The van der Waals surface area contributed by atoms with Crippen LogP contribution in [-0.4, -0.2) is 59.5 Å². The van der Waals surface area contributed by atoms with Crippen molar-refractivity contribution in [2.45, 2.75) is 13.8 Å². The van der Waals surface area contributed by atoms with Gasteiger partial charge in [-0.25, -0.2) is 4.98 Å². The zero-order chi connectivity index (χ0) is 22.9. The number of hydrogen-bond donors (Lipinski definition) is 2. The number of benzene rings is 2. The molecule has 0 aliphatic heterocycles. The number of rotatable bonds is 10. The van der Waals surface area contributed by atoms with Gasteiger partial charge in [0.2, 0.25) is 0 Å². The second-order valence-corrected chi connectivity index (χ2v) is 8.17. The van der Waals surface area contributed by atoms with E-state index in [2.05, 4.69) is 61.9 Å². The summed E-state index contributed by atoms with van der Waals surface area (Å²) in [7, 11) is 0. The first kappa shape index (κ1) is 29.8. The average Bonchev–Trinajstić information content (AvgIpc) is 2.81. The molecule has 0 saturated heterocycles.